The standard InChI is InChI=1S/C27H29N3O3/c1-30(2)17-6-18-32-24-15-13-21(14-16-24)27-29-28-26(33-27)10-5-9-25(31)23-12-11-20-7-3-4-8-22(20)19-23/h3-4,7-8,11-16,19H,5-6,9-10,17-18H2,1-2H3. The van der Waals surface area contributed by atoms with Gasteiger partial charge in [-0.05, 0) is 68.0 Å². The third kappa shape index (κ3) is 6.26. The first-order valence-corrected chi connectivity index (χ1v) is 11.3. The zero-order chi connectivity index (χ0) is 23.0. The molecule has 4 aromatic rings. The van der Waals surface area contributed by atoms with Crippen LogP contribution in [0.2, 0.25) is 0 Å². The number of ketones is 1. The van der Waals surface area contributed by atoms with Crippen LogP contribution >= 0.6 is 0 Å². The lowest BCUT2D eigenvalue weighted by Crippen LogP contribution is -2.15. The van der Waals surface area contributed by atoms with Crippen LogP contribution in [0.3, 0.4) is 0 Å². The van der Waals surface area contributed by atoms with Gasteiger partial charge in [0, 0.05) is 30.5 Å². The predicted octanol–water partition coefficient (Wildman–Crippen LogP) is 5.43. The molecule has 6 heteroatoms. The second kappa shape index (κ2) is 10.9. The van der Waals surface area contributed by atoms with Crippen LogP contribution in [-0.4, -0.2) is 48.1 Å². The molecule has 0 bridgehead atoms. The lowest BCUT2D eigenvalue weighted by atomic mass is 10.0. The number of carbonyl (C=O) groups is 1. The Bertz CT molecular complexity index is 1200. The van der Waals surface area contributed by atoms with Gasteiger partial charge in [0.05, 0.1) is 6.61 Å². The minimum absolute atomic E-state index is 0.127. The molecule has 0 unspecified atom stereocenters. The van der Waals surface area contributed by atoms with Gasteiger partial charge in [0.2, 0.25) is 11.8 Å². The van der Waals surface area contributed by atoms with Crippen molar-refractivity contribution >= 4 is 16.6 Å². The summed E-state index contributed by atoms with van der Waals surface area (Å²) in [6.45, 7) is 1.68. The van der Waals surface area contributed by atoms with Crippen LogP contribution in [-0.2, 0) is 6.42 Å². The van der Waals surface area contributed by atoms with Gasteiger partial charge in [-0.15, -0.1) is 10.2 Å². The Hall–Kier alpha value is -3.51. The first-order valence-electron chi connectivity index (χ1n) is 11.3. The van der Waals surface area contributed by atoms with Gasteiger partial charge in [-0.25, -0.2) is 0 Å². The van der Waals surface area contributed by atoms with E-state index in [0.29, 0.717) is 37.7 Å². The topological polar surface area (TPSA) is 68.5 Å². The quantitative estimate of drug-likeness (QED) is 0.228. The number of Topliss-reactive ketones (excluding diaryl/α,β-unsaturated/α-hetero) is 1. The summed E-state index contributed by atoms with van der Waals surface area (Å²) in [7, 11) is 4.10. The van der Waals surface area contributed by atoms with Gasteiger partial charge >= 0.3 is 0 Å². The van der Waals surface area contributed by atoms with Crippen molar-refractivity contribution in [1.29, 1.82) is 0 Å². The zero-order valence-electron chi connectivity index (χ0n) is 19.2. The van der Waals surface area contributed by atoms with Crippen LogP contribution in [0.5, 0.6) is 5.75 Å². The van der Waals surface area contributed by atoms with Crippen molar-refractivity contribution in [2.24, 2.45) is 0 Å². The molecule has 0 atom stereocenters. The molecule has 33 heavy (non-hydrogen) atoms. The van der Waals surface area contributed by atoms with Gasteiger partial charge in [0.1, 0.15) is 5.75 Å². The van der Waals surface area contributed by atoms with Gasteiger partial charge in [-0.2, -0.15) is 0 Å². The summed E-state index contributed by atoms with van der Waals surface area (Å²) < 4.78 is 11.6. The third-order valence-electron chi connectivity index (χ3n) is 5.45. The number of fused-ring (bicyclic) bond motifs is 1. The van der Waals surface area contributed by atoms with E-state index < -0.39 is 0 Å². The van der Waals surface area contributed by atoms with Crippen molar-refractivity contribution in [1.82, 2.24) is 15.1 Å². The third-order valence-corrected chi connectivity index (χ3v) is 5.45. The van der Waals surface area contributed by atoms with E-state index in [9.17, 15) is 4.79 Å². The second-order valence-electron chi connectivity index (χ2n) is 8.37. The van der Waals surface area contributed by atoms with E-state index >= 15 is 0 Å². The summed E-state index contributed by atoms with van der Waals surface area (Å²) in [5.41, 5.74) is 1.59. The molecule has 0 aliphatic heterocycles. The lowest BCUT2D eigenvalue weighted by molar-refractivity contribution is 0.0980. The highest BCUT2D eigenvalue weighted by Crippen LogP contribution is 2.22. The number of carbonyl (C=O) groups excluding carboxylic acids is 1. The predicted molar refractivity (Wildman–Crippen MR) is 130 cm³/mol. The summed E-state index contributed by atoms with van der Waals surface area (Å²) in [6, 6.07) is 21.6. The van der Waals surface area contributed by atoms with E-state index in [1.165, 1.54) is 0 Å². The molecule has 6 nitrogen and oxygen atoms in total. The van der Waals surface area contributed by atoms with E-state index in [1.54, 1.807) is 0 Å². The van der Waals surface area contributed by atoms with Gasteiger partial charge in [-0.1, -0.05) is 36.4 Å². The van der Waals surface area contributed by atoms with Gasteiger partial charge in [-0.3, -0.25) is 4.79 Å². The molecule has 4 rings (SSSR count). The molecule has 170 valence electrons. The maximum atomic E-state index is 12.6. The fourth-order valence-electron chi connectivity index (χ4n) is 3.64. The van der Waals surface area contributed by atoms with Crippen molar-refractivity contribution in [3.8, 4) is 17.2 Å². The molecule has 0 radical (unpaired) electrons. The largest absolute Gasteiger partial charge is 0.494 e. The summed E-state index contributed by atoms with van der Waals surface area (Å²) in [4.78, 5) is 14.7. The minimum atomic E-state index is 0.127. The van der Waals surface area contributed by atoms with Crippen molar-refractivity contribution < 1.29 is 13.9 Å². The van der Waals surface area contributed by atoms with Crippen LogP contribution in [0.4, 0.5) is 0 Å². The Kier molecular flexibility index (Phi) is 7.47. The van der Waals surface area contributed by atoms with Crippen LogP contribution in [0.15, 0.2) is 71.1 Å². The molecule has 0 amide bonds. The normalized spacial score (nSPS) is 11.2. The maximum Gasteiger partial charge on any atom is 0.247 e. The van der Waals surface area contributed by atoms with Crippen molar-refractivity contribution in [2.75, 3.05) is 27.2 Å². The highest BCUT2D eigenvalue weighted by atomic mass is 16.5. The van der Waals surface area contributed by atoms with Crippen LogP contribution in [0.25, 0.3) is 22.2 Å². The minimum Gasteiger partial charge on any atom is -0.494 e. The molecule has 0 N–H and O–H groups in total. The van der Waals surface area contributed by atoms with Gasteiger partial charge < -0.3 is 14.1 Å². The van der Waals surface area contributed by atoms with E-state index in [2.05, 4.69) is 29.2 Å². The Labute approximate surface area is 194 Å². The van der Waals surface area contributed by atoms with Crippen molar-refractivity contribution in [3.63, 3.8) is 0 Å². The summed E-state index contributed by atoms with van der Waals surface area (Å²) >= 11 is 0. The van der Waals surface area contributed by atoms with E-state index in [-0.39, 0.29) is 5.78 Å². The Balaban J connectivity index is 1.26. The Morgan fingerprint density at radius 1 is 0.939 bits per heavy atom. The number of benzene rings is 3. The zero-order valence-corrected chi connectivity index (χ0v) is 19.2. The first kappa shape index (κ1) is 22.7. The van der Waals surface area contributed by atoms with Crippen molar-refractivity contribution in [2.45, 2.75) is 25.7 Å². The molecule has 0 spiro atoms. The average Bonchev–Trinajstić information content (AvgIpc) is 3.30. The maximum absolute atomic E-state index is 12.6. The fraction of sp³-hybridized carbons (Fsp3) is 0.296. The Morgan fingerprint density at radius 3 is 2.52 bits per heavy atom. The smallest absolute Gasteiger partial charge is 0.247 e. The molecule has 1 heterocycles. The summed E-state index contributed by atoms with van der Waals surface area (Å²) in [6.07, 6.45) is 2.65. The highest BCUT2D eigenvalue weighted by Gasteiger charge is 2.11. The van der Waals surface area contributed by atoms with Crippen LogP contribution in [0, 0.1) is 0 Å². The number of hydrogen-bond donors (Lipinski definition) is 0. The van der Waals surface area contributed by atoms with Gasteiger partial charge in [0.25, 0.3) is 0 Å². The molecular formula is C27H29N3O3. The number of aryl methyl sites for hydroxylation is 1. The lowest BCUT2D eigenvalue weighted by Gasteiger charge is -2.10. The molecule has 0 fully saturated rings. The average molecular weight is 444 g/mol. The number of nitrogens with zero attached hydrogens (tertiary/aromatic N) is 3. The fourth-order valence-corrected chi connectivity index (χ4v) is 3.64. The van der Waals surface area contributed by atoms with Crippen LogP contribution < -0.4 is 4.74 Å². The molecule has 0 saturated heterocycles. The molecule has 3 aromatic carbocycles. The number of hydrogen-bond acceptors (Lipinski definition) is 6. The molecule has 0 saturated carbocycles. The van der Waals surface area contributed by atoms with Gasteiger partial charge in [0.15, 0.2) is 5.78 Å². The number of aromatic nitrogens is 2. The van der Waals surface area contributed by atoms with E-state index in [0.717, 1.165) is 40.6 Å². The molecule has 0 aliphatic rings. The first-order chi connectivity index (χ1) is 16.1. The molecular weight excluding hydrogens is 414 g/mol. The monoisotopic (exact) mass is 443 g/mol. The number of rotatable bonds is 11. The highest BCUT2D eigenvalue weighted by molar-refractivity contribution is 5.99. The summed E-state index contributed by atoms with van der Waals surface area (Å²) in [5, 5.41) is 10.5. The van der Waals surface area contributed by atoms with E-state index in [1.807, 2.05) is 66.7 Å². The summed E-state index contributed by atoms with van der Waals surface area (Å²) in [5.74, 6) is 1.97. The molecule has 0 aliphatic carbocycles. The SMILES string of the molecule is CN(C)CCCOc1ccc(-c2nnc(CCCC(=O)c3ccc4ccccc4c3)o2)cc1. The van der Waals surface area contributed by atoms with E-state index in [4.69, 9.17) is 9.15 Å². The number of ether oxygens (including phenoxy) is 1. The van der Waals surface area contributed by atoms with Crippen molar-refractivity contribution in [3.05, 3.63) is 78.2 Å². The second-order valence-corrected chi connectivity index (χ2v) is 8.37. The van der Waals surface area contributed by atoms with Crippen LogP contribution in [0.1, 0.15) is 35.5 Å². The molecule has 1 aromatic heterocycles. The Morgan fingerprint density at radius 2 is 1.73 bits per heavy atom.